The first-order chi connectivity index (χ1) is 16.7. The highest BCUT2D eigenvalue weighted by Crippen LogP contribution is 2.24. The van der Waals surface area contributed by atoms with E-state index in [0.29, 0.717) is 10.6 Å². The van der Waals surface area contributed by atoms with E-state index in [9.17, 15) is 13.2 Å². The SMILES string of the molecule is CCCn1c(=NC(=O)c2ccccc2NS(=O)(=O)c2ccc(OC)cc2)sc2cc(C)c(C)cc21. The number of hydrogen-bond donors (Lipinski definition) is 1. The number of nitrogens with one attached hydrogen (secondary N) is 1. The predicted octanol–water partition coefficient (Wildman–Crippen LogP) is 5.28. The number of methoxy groups -OCH3 is 1. The fraction of sp³-hybridized carbons (Fsp3) is 0.231. The zero-order valence-electron chi connectivity index (χ0n) is 20.0. The molecule has 3 aromatic carbocycles. The summed E-state index contributed by atoms with van der Waals surface area (Å²) in [5.41, 5.74) is 3.75. The maximum Gasteiger partial charge on any atom is 0.281 e. The largest absolute Gasteiger partial charge is 0.497 e. The summed E-state index contributed by atoms with van der Waals surface area (Å²) >= 11 is 1.45. The van der Waals surface area contributed by atoms with E-state index in [0.717, 1.165) is 23.2 Å². The number of fused-ring (bicyclic) bond motifs is 1. The number of aromatic nitrogens is 1. The Labute approximate surface area is 208 Å². The highest BCUT2D eigenvalue weighted by molar-refractivity contribution is 7.92. The van der Waals surface area contributed by atoms with E-state index in [1.54, 1.807) is 36.4 Å². The molecule has 0 saturated carbocycles. The number of carbonyl (C=O) groups is 1. The van der Waals surface area contributed by atoms with Crippen LogP contribution in [0.25, 0.3) is 10.2 Å². The van der Waals surface area contributed by atoms with Gasteiger partial charge in [-0.05, 0) is 79.9 Å². The molecule has 0 unspecified atom stereocenters. The lowest BCUT2D eigenvalue weighted by Crippen LogP contribution is -2.18. The van der Waals surface area contributed by atoms with Crippen molar-refractivity contribution >= 4 is 43.2 Å². The summed E-state index contributed by atoms with van der Waals surface area (Å²) in [6.45, 7) is 6.93. The van der Waals surface area contributed by atoms with Crippen LogP contribution < -0.4 is 14.3 Å². The van der Waals surface area contributed by atoms with Gasteiger partial charge < -0.3 is 9.30 Å². The summed E-state index contributed by atoms with van der Waals surface area (Å²) in [7, 11) is -2.41. The summed E-state index contributed by atoms with van der Waals surface area (Å²) in [5, 5.41) is 0. The van der Waals surface area contributed by atoms with Crippen LogP contribution in [0.5, 0.6) is 5.75 Å². The Morgan fingerprint density at radius 2 is 1.74 bits per heavy atom. The Kier molecular flexibility index (Phi) is 7.09. The van der Waals surface area contributed by atoms with Gasteiger partial charge in [0.15, 0.2) is 4.80 Å². The number of ether oxygens (including phenoxy) is 1. The van der Waals surface area contributed by atoms with Crippen LogP contribution in [0.1, 0.15) is 34.8 Å². The predicted molar refractivity (Wildman–Crippen MR) is 140 cm³/mol. The molecule has 1 heterocycles. The minimum atomic E-state index is -3.92. The summed E-state index contributed by atoms with van der Waals surface area (Å²) in [5.74, 6) is 0.0373. The third-order valence-electron chi connectivity index (χ3n) is 5.71. The third kappa shape index (κ3) is 5.16. The summed E-state index contributed by atoms with van der Waals surface area (Å²) in [4.78, 5) is 18.4. The van der Waals surface area contributed by atoms with Gasteiger partial charge in [-0.2, -0.15) is 4.99 Å². The number of benzene rings is 3. The van der Waals surface area contributed by atoms with Crippen molar-refractivity contribution in [2.45, 2.75) is 38.6 Å². The van der Waals surface area contributed by atoms with E-state index < -0.39 is 15.9 Å². The van der Waals surface area contributed by atoms with Gasteiger partial charge in [0.05, 0.1) is 33.5 Å². The second kappa shape index (κ2) is 10.1. The van der Waals surface area contributed by atoms with Crippen molar-refractivity contribution in [3.8, 4) is 5.75 Å². The number of para-hydroxylation sites is 1. The molecule has 0 fully saturated rings. The van der Waals surface area contributed by atoms with E-state index in [1.807, 2.05) is 0 Å². The lowest BCUT2D eigenvalue weighted by atomic mass is 10.1. The van der Waals surface area contributed by atoms with Crippen LogP contribution in [0, 0.1) is 13.8 Å². The number of sulfonamides is 1. The van der Waals surface area contributed by atoms with E-state index in [1.165, 1.54) is 41.7 Å². The first kappa shape index (κ1) is 24.7. The standard InChI is InChI=1S/C26H27N3O4S2/c1-5-14-29-23-15-17(2)18(3)16-24(23)34-26(29)27-25(30)21-8-6-7-9-22(21)28-35(31,32)20-12-10-19(33-4)11-13-20/h6-13,15-16,28H,5,14H2,1-4H3. The maximum absolute atomic E-state index is 13.3. The Morgan fingerprint density at radius 3 is 2.43 bits per heavy atom. The monoisotopic (exact) mass is 509 g/mol. The molecule has 4 aromatic rings. The Morgan fingerprint density at radius 1 is 1.06 bits per heavy atom. The molecular formula is C26H27N3O4S2. The molecule has 0 aliphatic carbocycles. The molecule has 9 heteroatoms. The Balaban J connectivity index is 1.74. The first-order valence-electron chi connectivity index (χ1n) is 11.2. The average molecular weight is 510 g/mol. The highest BCUT2D eigenvalue weighted by atomic mass is 32.2. The number of nitrogens with zero attached hydrogens (tertiary/aromatic N) is 2. The number of amides is 1. The Hall–Kier alpha value is -3.43. The minimum Gasteiger partial charge on any atom is -0.497 e. The fourth-order valence-electron chi connectivity index (χ4n) is 3.71. The molecule has 0 aliphatic rings. The van der Waals surface area contributed by atoms with Crippen molar-refractivity contribution < 1.29 is 17.9 Å². The van der Waals surface area contributed by atoms with Gasteiger partial charge in [0, 0.05) is 6.54 Å². The topological polar surface area (TPSA) is 89.8 Å². The van der Waals surface area contributed by atoms with Gasteiger partial charge in [-0.1, -0.05) is 30.4 Å². The van der Waals surface area contributed by atoms with Crippen LogP contribution in [0.4, 0.5) is 5.69 Å². The summed E-state index contributed by atoms with van der Waals surface area (Å²) < 4.78 is 36.7. The summed E-state index contributed by atoms with van der Waals surface area (Å²) in [6.07, 6.45) is 0.887. The number of rotatable bonds is 7. The molecule has 1 amide bonds. The molecule has 0 saturated heterocycles. The molecule has 1 aromatic heterocycles. The second-order valence-electron chi connectivity index (χ2n) is 8.18. The fourth-order valence-corrected chi connectivity index (χ4v) is 5.92. The summed E-state index contributed by atoms with van der Waals surface area (Å²) in [6, 6.07) is 16.8. The van der Waals surface area contributed by atoms with Gasteiger partial charge in [-0.15, -0.1) is 0 Å². The zero-order chi connectivity index (χ0) is 25.2. The van der Waals surface area contributed by atoms with Gasteiger partial charge >= 0.3 is 0 Å². The molecule has 35 heavy (non-hydrogen) atoms. The Bertz CT molecular complexity index is 1570. The molecular weight excluding hydrogens is 482 g/mol. The smallest absolute Gasteiger partial charge is 0.281 e. The number of aryl methyl sites for hydroxylation is 3. The number of carbonyl (C=O) groups excluding carboxylic acids is 1. The number of thiazole rings is 1. The van der Waals surface area contributed by atoms with Crippen molar-refractivity contribution in [1.82, 2.24) is 4.57 Å². The van der Waals surface area contributed by atoms with Gasteiger partial charge in [0.2, 0.25) is 0 Å². The molecule has 0 spiro atoms. The lowest BCUT2D eigenvalue weighted by Gasteiger charge is -2.11. The molecule has 4 rings (SSSR count). The maximum atomic E-state index is 13.3. The highest BCUT2D eigenvalue weighted by Gasteiger charge is 2.19. The molecule has 1 N–H and O–H groups in total. The van der Waals surface area contributed by atoms with Crippen LogP contribution in [0.15, 0.2) is 70.6 Å². The molecule has 7 nitrogen and oxygen atoms in total. The van der Waals surface area contributed by atoms with Crippen molar-refractivity contribution in [2.75, 3.05) is 11.8 Å². The molecule has 0 atom stereocenters. The molecule has 0 radical (unpaired) electrons. The molecule has 182 valence electrons. The third-order valence-corrected chi connectivity index (χ3v) is 8.14. The zero-order valence-corrected chi connectivity index (χ0v) is 21.7. The van der Waals surface area contributed by atoms with Crippen molar-refractivity contribution in [2.24, 2.45) is 4.99 Å². The molecule has 0 aliphatic heterocycles. The van der Waals surface area contributed by atoms with E-state index in [-0.39, 0.29) is 16.1 Å². The van der Waals surface area contributed by atoms with Crippen LogP contribution in [-0.2, 0) is 16.6 Å². The van der Waals surface area contributed by atoms with E-state index in [2.05, 4.69) is 47.2 Å². The van der Waals surface area contributed by atoms with E-state index >= 15 is 0 Å². The van der Waals surface area contributed by atoms with Crippen molar-refractivity contribution in [1.29, 1.82) is 0 Å². The average Bonchev–Trinajstić information content (AvgIpc) is 3.15. The van der Waals surface area contributed by atoms with Gasteiger partial charge in [0.25, 0.3) is 15.9 Å². The lowest BCUT2D eigenvalue weighted by molar-refractivity contribution is 0.0998. The quantitative estimate of drug-likeness (QED) is 0.367. The minimum absolute atomic E-state index is 0.0634. The van der Waals surface area contributed by atoms with Crippen LogP contribution in [0.2, 0.25) is 0 Å². The van der Waals surface area contributed by atoms with Crippen LogP contribution >= 0.6 is 11.3 Å². The van der Waals surface area contributed by atoms with Gasteiger partial charge in [-0.25, -0.2) is 8.42 Å². The van der Waals surface area contributed by atoms with Crippen LogP contribution in [-0.4, -0.2) is 26.0 Å². The van der Waals surface area contributed by atoms with Gasteiger partial charge in [-0.3, -0.25) is 9.52 Å². The first-order valence-corrected chi connectivity index (χ1v) is 13.5. The van der Waals surface area contributed by atoms with Gasteiger partial charge in [0.1, 0.15) is 5.75 Å². The number of anilines is 1. The van der Waals surface area contributed by atoms with Crippen molar-refractivity contribution in [3.05, 3.63) is 82.2 Å². The second-order valence-corrected chi connectivity index (χ2v) is 10.9. The van der Waals surface area contributed by atoms with Crippen molar-refractivity contribution in [3.63, 3.8) is 0 Å². The normalized spacial score (nSPS) is 12.2. The molecule has 0 bridgehead atoms. The number of hydrogen-bond acceptors (Lipinski definition) is 5. The van der Waals surface area contributed by atoms with E-state index in [4.69, 9.17) is 4.74 Å². The van der Waals surface area contributed by atoms with Crippen LogP contribution in [0.3, 0.4) is 0 Å².